The van der Waals surface area contributed by atoms with E-state index in [-0.39, 0.29) is 11.7 Å². The van der Waals surface area contributed by atoms with Crippen LogP contribution in [-0.2, 0) is 11.0 Å². The van der Waals surface area contributed by atoms with E-state index in [4.69, 9.17) is 0 Å². The Kier molecular flexibility index (Phi) is 4.01. The zero-order valence-electron chi connectivity index (χ0n) is 12.0. The number of halogens is 3. The lowest BCUT2D eigenvalue weighted by molar-refractivity contribution is -0.137. The number of aromatic nitrogens is 2. The molecule has 2 aromatic rings. The summed E-state index contributed by atoms with van der Waals surface area (Å²) in [6.07, 6.45) is -1.44. The van der Waals surface area contributed by atoms with Gasteiger partial charge in [0.25, 0.3) is 0 Å². The van der Waals surface area contributed by atoms with E-state index in [9.17, 15) is 18.0 Å². The molecular formula is C15H12F3N3OS. The fraction of sp³-hybridized carbons (Fsp3) is 0.267. The van der Waals surface area contributed by atoms with E-state index < -0.39 is 17.8 Å². The zero-order valence-corrected chi connectivity index (χ0v) is 12.9. The van der Waals surface area contributed by atoms with Crippen molar-refractivity contribution in [1.29, 1.82) is 0 Å². The number of nitrogens with zero attached hydrogens (tertiary/aromatic N) is 3. The molecule has 2 heterocycles. The van der Waals surface area contributed by atoms with Gasteiger partial charge in [0, 0.05) is 12.4 Å². The van der Waals surface area contributed by atoms with E-state index in [2.05, 4.69) is 9.97 Å². The summed E-state index contributed by atoms with van der Waals surface area (Å²) in [5.41, 5.74) is -0.336. The van der Waals surface area contributed by atoms with E-state index in [1.54, 1.807) is 13.0 Å². The Labute approximate surface area is 134 Å². The number of benzene rings is 1. The van der Waals surface area contributed by atoms with Crippen molar-refractivity contribution in [2.45, 2.75) is 24.2 Å². The molecule has 1 aliphatic heterocycles. The van der Waals surface area contributed by atoms with Crippen molar-refractivity contribution in [3.8, 4) is 0 Å². The highest BCUT2D eigenvalue weighted by molar-refractivity contribution is 8.00. The van der Waals surface area contributed by atoms with Crippen LogP contribution >= 0.6 is 11.8 Å². The first kappa shape index (κ1) is 15.8. The minimum atomic E-state index is -4.42. The number of alkyl halides is 3. The molecule has 0 saturated heterocycles. The van der Waals surface area contributed by atoms with E-state index in [1.807, 2.05) is 0 Å². The molecule has 1 aromatic carbocycles. The molecule has 0 bridgehead atoms. The van der Waals surface area contributed by atoms with Crippen LogP contribution in [0.25, 0.3) is 0 Å². The lowest BCUT2D eigenvalue weighted by Crippen LogP contribution is -2.38. The predicted molar refractivity (Wildman–Crippen MR) is 80.1 cm³/mol. The Morgan fingerprint density at radius 2 is 2.00 bits per heavy atom. The van der Waals surface area contributed by atoms with Gasteiger partial charge in [-0.15, -0.1) is 0 Å². The van der Waals surface area contributed by atoms with E-state index in [1.165, 1.54) is 35.1 Å². The third-order valence-electron chi connectivity index (χ3n) is 3.56. The maximum Gasteiger partial charge on any atom is 0.416 e. The Bertz CT molecular complexity index is 751. The summed E-state index contributed by atoms with van der Waals surface area (Å²) in [5, 5.41) is 0.603. The van der Waals surface area contributed by atoms with Crippen LogP contribution in [0, 0.1) is 0 Å². The Hall–Kier alpha value is -2.09. The third-order valence-corrected chi connectivity index (χ3v) is 4.51. The van der Waals surface area contributed by atoms with Crippen LogP contribution in [-0.4, -0.2) is 21.6 Å². The fourth-order valence-electron chi connectivity index (χ4n) is 2.43. The van der Waals surface area contributed by atoms with Gasteiger partial charge in [0.2, 0.25) is 5.91 Å². The predicted octanol–water partition coefficient (Wildman–Crippen LogP) is 3.70. The molecule has 1 atom stereocenters. The average molecular weight is 339 g/mol. The summed E-state index contributed by atoms with van der Waals surface area (Å²) in [4.78, 5) is 22.0. The van der Waals surface area contributed by atoms with Crippen LogP contribution in [0.15, 0.2) is 41.7 Å². The van der Waals surface area contributed by atoms with Crippen LogP contribution in [0.5, 0.6) is 0 Å². The third kappa shape index (κ3) is 3.03. The number of hydrogen-bond donors (Lipinski definition) is 0. The number of rotatable bonds is 2. The molecular weight excluding hydrogens is 327 g/mol. The van der Waals surface area contributed by atoms with Crippen molar-refractivity contribution >= 4 is 23.5 Å². The summed E-state index contributed by atoms with van der Waals surface area (Å²) in [5.74, 6) is 0.376. The molecule has 120 valence electrons. The smallest absolute Gasteiger partial charge is 0.286 e. The number of thioether (sulfide) groups is 1. The molecule has 1 aliphatic rings. The standard InChI is InChI=1S/C15H12F3N3OS/c1-9(10-3-2-4-11(7-10)15(16,17)18)21-12(22)8-23-14-13(21)19-5-6-20-14/h2-7,9H,8H2,1H3. The summed E-state index contributed by atoms with van der Waals surface area (Å²) >= 11 is 1.28. The summed E-state index contributed by atoms with van der Waals surface area (Å²) < 4.78 is 38.6. The molecule has 1 unspecified atom stereocenters. The average Bonchev–Trinajstić information content (AvgIpc) is 2.53. The van der Waals surface area contributed by atoms with Gasteiger partial charge >= 0.3 is 6.18 Å². The molecule has 8 heteroatoms. The van der Waals surface area contributed by atoms with Crippen LogP contribution in [0.2, 0.25) is 0 Å². The molecule has 4 nitrogen and oxygen atoms in total. The summed E-state index contributed by atoms with van der Waals surface area (Å²) in [6.45, 7) is 1.68. The van der Waals surface area contributed by atoms with Crippen molar-refractivity contribution in [3.05, 3.63) is 47.8 Å². The molecule has 3 rings (SSSR count). The first-order chi connectivity index (χ1) is 10.9. The normalized spacial score (nSPS) is 16.2. The quantitative estimate of drug-likeness (QED) is 0.837. The number of anilines is 1. The SMILES string of the molecule is CC(c1cccc(C(F)(F)F)c1)N1C(=O)CSc2nccnc21. The van der Waals surface area contributed by atoms with Crippen molar-refractivity contribution in [1.82, 2.24) is 9.97 Å². The zero-order chi connectivity index (χ0) is 16.6. The van der Waals surface area contributed by atoms with E-state index in [0.29, 0.717) is 16.4 Å². The minimum Gasteiger partial charge on any atom is -0.286 e. The van der Waals surface area contributed by atoms with Gasteiger partial charge in [-0.2, -0.15) is 13.2 Å². The first-order valence-corrected chi connectivity index (χ1v) is 7.79. The van der Waals surface area contributed by atoms with Crippen molar-refractivity contribution < 1.29 is 18.0 Å². The van der Waals surface area contributed by atoms with Gasteiger partial charge in [0.15, 0.2) is 5.82 Å². The summed E-state index contributed by atoms with van der Waals surface area (Å²) in [6, 6.07) is 4.43. The lowest BCUT2D eigenvalue weighted by atomic mass is 10.0. The van der Waals surface area contributed by atoms with Gasteiger partial charge in [0.05, 0.1) is 17.4 Å². The number of carbonyl (C=O) groups excluding carboxylic acids is 1. The van der Waals surface area contributed by atoms with Crippen molar-refractivity contribution in [2.75, 3.05) is 10.7 Å². The van der Waals surface area contributed by atoms with Crippen LogP contribution in [0.1, 0.15) is 24.1 Å². The molecule has 0 saturated carbocycles. The molecule has 0 spiro atoms. The molecule has 0 N–H and O–H groups in total. The maximum absolute atomic E-state index is 12.9. The van der Waals surface area contributed by atoms with Crippen molar-refractivity contribution in [3.63, 3.8) is 0 Å². The Morgan fingerprint density at radius 3 is 2.74 bits per heavy atom. The number of fused-ring (bicyclic) bond motifs is 1. The van der Waals surface area contributed by atoms with Gasteiger partial charge in [-0.1, -0.05) is 23.9 Å². The van der Waals surface area contributed by atoms with Crippen LogP contribution in [0.4, 0.5) is 19.0 Å². The highest BCUT2D eigenvalue weighted by Gasteiger charge is 2.34. The molecule has 23 heavy (non-hydrogen) atoms. The first-order valence-electron chi connectivity index (χ1n) is 6.81. The largest absolute Gasteiger partial charge is 0.416 e. The second-order valence-electron chi connectivity index (χ2n) is 5.04. The molecule has 0 aliphatic carbocycles. The second kappa shape index (κ2) is 5.84. The minimum absolute atomic E-state index is 0.189. The molecule has 1 aromatic heterocycles. The van der Waals surface area contributed by atoms with Gasteiger partial charge in [-0.3, -0.25) is 9.69 Å². The van der Waals surface area contributed by atoms with Gasteiger partial charge < -0.3 is 0 Å². The molecule has 0 radical (unpaired) electrons. The Balaban J connectivity index is 2.00. The number of hydrogen-bond acceptors (Lipinski definition) is 4. The van der Waals surface area contributed by atoms with Gasteiger partial charge in [-0.25, -0.2) is 9.97 Å². The topological polar surface area (TPSA) is 46.1 Å². The summed E-state index contributed by atoms with van der Waals surface area (Å²) in [7, 11) is 0. The molecule has 0 fully saturated rings. The number of amides is 1. The highest BCUT2D eigenvalue weighted by Crippen LogP contribution is 2.38. The fourth-order valence-corrected chi connectivity index (χ4v) is 3.24. The Morgan fingerprint density at radius 1 is 1.26 bits per heavy atom. The monoisotopic (exact) mass is 339 g/mol. The van der Waals surface area contributed by atoms with Gasteiger partial charge in [-0.05, 0) is 24.6 Å². The van der Waals surface area contributed by atoms with Gasteiger partial charge in [0.1, 0.15) is 5.03 Å². The lowest BCUT2D eigenvalue weighted by Gasteiger charge is -2.32. The maximum atomic E-state index is 12.9. The second-order valence-corrected chi connectivity index (χ2v) is 6.00. The van der Waals surface area contributed by atoms with Crippen LogP contribution < -0.4 is 4.90 Å². The van der Waals surface area contributed by atoms with Crippen molar-refractivity contribution in [2.24, 2.45) is 0 Å². The van der Waals surface area contributed by atoms with E-state index in [0.717, 1.165) is 12.1 Å². The molecule has 1 amide bonds. The van der Waals surface area contributed by atoms with Crippen LogP contribution in [0.3, 0.4) is 0 Å². The highest BCUT2D eigenvalue weighted by atomic mass is 32.2. The number of carbonyl (C=O) groups is 1. The van der Waals surface area contributed by atoms with E-state index >= 15 is 0 Å².